The average molecular weight is 509 g/mol. The number of imidazole rings is 1. The first-order valence-electron chi connectivity index (χ1n) is 10.7. The molecular formula is C26H24N2O7S. The SMILES string of the molecule is COc1ccc(-c2nc(C(=O)c3cc(OC)c(OC)c(OC)c3)cn2S(=O)(=O)c2ccccc2)cc1. The van der Waals surface area contributed by atoms with Crippen LogP contribution in [0.3, 0.4) is 0 Å². The van der Waals surface area contributed by atoms with Crippen molar-refractivity contribution in [2.45, 2.75) is 4.90 Å². The zero-order valence-electron chi connectivity index (χ0n) is 20.1. The molecule has 0 unspecified atom stereocenters. The van der Waals surface area contributed by atoms with E-state index in [4.69, 9.17) is 18.9 Å². The van der Waals surface area contributed by atoms with Gasteiger partial charge in [0.15, 0.2) is 17.3 Å². The van der Waals surface area contributed by atoms with Crippen molar-refractivity contribution in [1.29, 1.82) is 0 Å². The summed E-state index contributed by atoms with van der Waals surface area (Å²) in [5, 5.41) is 0. The van der Waals surface area contributed by atoms with Crippen molar-refractivity contribution in [3.63, 3.8) is 0 Å². The Kier molecular flexibility index (Phi) is 6.98. The second-order valence-corrected chi connectivity index (χ2v) is 9.35. The van der Waals surface area contributed by atoms with Crippen molar-refractivity contribution in [2.75, 3.05) is 28.4 Å². The summed E-state index contributed by atoms with van der Waals surface area (Å²) >= 11 is 0. The Hall–Kier alpha value is -4.31. The van der Waals surface area contributed by atoms with E-state index in [9.17, 15) is 13.2 Å². The molecule has 186 valence electrons. The number of nitrogens with zero attached hydrogens (tertiary/aromatic N) is 2. The third-order valence-corrected chi connectivity index (χ3v) is 7.15. The maximum absolute atomic E-state index is 13.5. The first kappa shape index (κ1) is 24.8. The smallest absolute Gasteiger partial charge is 0.269 e. The van der Waals surface area contributed by atoms with E-state index in [-0.39, 0.29) is 33.5 Å². The summed E-state index contributed by atoms with van der Waals surface area (Å²) in [6.45, 7) is 0. The van der Waals surface area contributed by atoms with Crippen molar-refractivity contribution in [3.8, 4) is 34.4 Å². The fourth-order valence-electron chi connectivity index (χ4n) is 3.66. The monoisotopic (exact) mass is 508 g/mol. The van der Waals surface area contributed by atoms with Gasteiger partial charge in [-0.2, -0.15) is 0 Å². The summed E-state index contributed by atoms with van der Waals surface area (Å²) in [4.78, 5) is 18.0. The molecule has 0 amide bonds. The number of aromatic nitrogens is 2. The highest BCUT2D eigenvalue weighted by Crippen LogP contribution is 2.39. The molecule has 9 nitrogen and oxygen atoms in total. The normalized spacial score (nSPS) is 11.1. The van der Waals surface area contributed by atoms with Crippen LogP contribution in [0, 0.1) is 0 Å². The third-order valence-electron chi connectivity index (χ3n) is 5.48. The quantitative estimate of drug-likeness (QED) is 0.312. The summed E-state index contributed by atoms with van der Waals surface area (Å²) < 4.78 is 49.3. The number of methoxy groups -OCH3 is 4. The van der Waals surface area contributed by atoms with Crippen molar-refractivity contribution < 1.29 is 32.2 Å². The molecule has 0 aliphatic carbocycles. The van der Waals surface area contributed by atoms with Crippen LogP contribution < -0.4 is 18.9 Å². The van der Waals surface area contributed by atoms with E-state index in [1.165, 1.54) is 58.9 Å². The third kappa shape index (κ3) is 4.50. The molecule has 0 spiro atoms. The van der Waals surface area contributed by atoms with Crippen LogP contribution in [0.25, 0.3) is 11.4 Å². The molecule has 0 saturated carbocycles. The van der Waals surface area contributed by atoms with Crippen LogP contribution in [0.1, 0.15) is 16.1 Å². The minimum absolute atomic E-state index is 0.0592. The molecule has 10 heteroatoms. The van der Waals surface area contributed by atoms with Gasteiger partial charge in [-0.05, 0) is 48.5 Å². The molecule has 0 bridgehead atoms. The highest BCUT2D eigenvalue weighted by molar-refractivity contribution is 7.90. The van der Waals surface area contributed by atoms with E-state index >= 15 is 0 Å². The lowest BCUT2D eigenvalue weighted by Gasteiger charge is -2.13. The van der Waals surface area contributed by atoms with Crippen molar-refractivity contribution >= 4 is 15.8 Å². The molecular weight excluding hydrogens is 484 g/mol. The molecule has 1 aromatic heterocycles. The zero-order chi connectivity index (χ0) is 25.9. The number of rotatable bonds is 9. The maximum Gasteiger partial charge on any atom is 0.269 e. The van der Waals surface area contributed by atoms with Gasteiger partial charge in [0.2, 0.25) is 11.5 Å². The van der Waals surface area contributed by atoms with Gasteiger partial charge in [0.05, 0.1) is 39.5 Å². The molecule has 0 N–H and O–H groups in total. The van der Waals surface area contributed by atoms with Gasteiger partial charge in [-0.3, -0.25) is 4.79 Å². The van der Waals surface area contributed by atoms with E-state index in [0.717, 1.165) is 3.97 Å². The Bertz CT molecular complexity index is 1470. The highest BCUT2D eigenvalue weighted by atomic mass is 32.2. The van der Waals surface area contributed by atoms with Crippen LogP contribution in [0.15, 0.2) is 77.8 Å². The van der Waals surface area contributed by atoms with E-state index in [1.54, 1.807) is 42.5 Å². The topological polar surface area (TPSA) is 106 Å². The molecule has 36 heavy (non-hydrogen) atoms. The minimum Gasteiger partial charge on any atom is -0.497 e. The number of carbonyl (C=O) groups is 1. The van der Waals surface area contributed by atoms with Gasteiger partial charge in [0.1, 0.15) is 11.4 Å². The summed E-state index contributed by atoms with van der Waals surface area (Å²) in [5.41, 5.74) is 0.599. The summed E-state index contributed by atoms with van der Waals surface area (Å²) in [7, 11) is 1.80. The Morgan fingerprint density at radius 3 is 1.94 bits per heavy atom. The maximum atomic E-state index is 13.5. The molecule has 0 radical (unpaired) electrons. The van der Waals surface area contributed by atoms with Gasteiger partial charge in [-0.1, -0.05) is 18.2 Å². The molecule has 3 aromatic carbocycles. The van der Waals surface area contributed by atoms with Gasteiger partial charge >= 0.3 is 0 Å². The zero-order valence-corrected chi connectivity index (χ0v) is 20.9. The van der Waals surface area contributed by atoms with Crippen LogP contribution in [0.5, 0.6) is 23.0 Å². The lowest BCUT2D eigenvalue weighted by Crippen LogP contribution is -2.13. The number of ether oxygens (including phenoxy) is 4. The van der Waals surface area contributed by atoms with Crippen molar-refractivity contribution in [3.05, 3.63) is 84.2 Å². The molecule has 0 aliphatic heterocycles. The first-order chi connectivity index (χ1) is 17.3. The second-order valence-electron chi connectivity index (χ2n) is 7.54. The lowest BCUT2D eigenvalue weighted by molar-refractivity contribution is 0.103. The van der Waals surface area contributed by atoms with Gasteiger partial charge in [0.25, 0.3) is 10.0 Å². The van der Waals surface area contributed by atoms with Crippen LogP contribution >= 0.6 is 0 Å². The molecule has 0 atom stereocenters. The number of ketones is 1. The van der Waals surface area contributed by atoms with Gasteiger partial charge in [-0.25, -0.2) is 17.4 Å². The van der Waals surface area contributed by atoms with Crippen molar-refractivity contribution in [1.82, 2.24) is 8.96 Å². The number of benzene rings is 3. The minimum atomic E-state index is -4.06. The number of hydrogen-bond donors (Lipinski definition) is 0. The Morgan fingerprint density at radius 2 is 1.42 bits per heavy atom. The molecule has 0 aliphatic rings. The molecule has 1 heterocycles. The highest BCUT2D eigenvalue weighted by Gasteiger charge is 2.27. The van der Waals surface area contributed by atoms with Gasteiger partial charge in [-0.15, -0.1) is 0 Å². The molecule has 4 aromatic rings. The summed E-state index contributed by atoms with van der Waals surface area (Å²) in [6, 6.07) is 17.6. The van der Waals surface area contributed by atoms with E-state index < -0.39 is 15.8 Å². The van der Waals surface area contributed by atoms with E-state index in [1.807, 2.05) is 0 Å². The Morgan fingerprint density at radius 1 is 0.806 bits per heavy atom. The van der Waals surface area contributed by atoms with E-state index in [0.29, 0.717) is 17.1 Å². The van der Waals surface area contributed by atoms with Crippen LogP contribution in [-0.2, 0) is 10.0 Å². The van der Waals surface area contributed by atoms with E-state index in [2.05, 4.69) is 4.98 Å². The van der Waals surface area contributed by atoms with Crippen LogP contribution in [-0.4, -0.2) is 51.6 Å². The lowest BCUT2D eigenvalue weighted by atomic mass is 10.1. The van der Waals surface area contributed by atoms with Gasteiger partial charge < -0.3 is 18.9 Å². The number of hydrogen-bond acceptors (Lipinski definition) is 8. The standard InChI is InChI=1S/C26H24N2O7S/c1-32-19-12-10-17(11-13-19)26-27-21(16-28(26)36(30,31)20-8-6-5-7-9-20)24(29)18-14-22(33-2)25(35-4)23(15-18)34-3/h5-16H,1-4H3. The largest absolute Gasteiger partial charge is 0.497 e. The first-order valence-corrected chi connectivity index (χ1v) is 12.2. The number of carbonyl (C=O) groups excluding carboxylic acids is 1. The predicted molar refractivity (Wildman–Crippen MR) is 133 cm³/mol. The van der Waals surface area contributed by atoms with Crippen molar-refractivity contribution in [2.24, 2.45) is 0 Å². The predicted octanol–water partition coefficient (Wildman–Crippen LogP) is 4.05. The Balaban J connectivity index is 1.89. The molecule has 4 rings (SSSR count). The Labute approximate surface area is 208 Å². The summed E-state index contributed by atoms with van der Waals surface area (Å²) in [5.74, 6) is 1.05. The molecule has 0 saturated heterocycles. The average Bonchev–Trinajstić information content (AvgIpc) is 3.38. The molecule has 0 fully saturated rings. The fraction of sp³-hybridized carbons (Fsp3) is 0.154. The van der Waals surface area contributed by atoms with Gasteiger partial charge in [0, 0.05) is 11.1 Å². The van der Waals surface area contributed by atoms with Crippen LogP contribution in [0.2, 0.25) is 0 Å². The fourth-order valence-corrected chi connectivity index (χ4v) is 5.00. The van der Waals surface area contributed by atoms with Crippen LogP contribution in [0.4, 0.5) is 0 Å². The second kappa shape index (κ2) is 10.1. The summed E-state index contributed by atoms with van der Waals surface area (Å²) in [6.07, 6.45) is 1.22.